The Balaban J connectivity index is 1.82. The molecule has 0 aliphatic heterocycles. The predicted molar refractivity (Wildman–Crippen MR) is 103 cm³/mol. The van der Waals surface area contributed by atoms with Crippen LogP contribution in [0.1, 0.15) is 11.4 Å². The smallest absolute Gasteiger partial charge is 0.267 e. The van der Waals surface area contributed by atoms with Gasteiger partial charge >= 0.3 is 0 Å². The molecule has 146 valence electrons. The van der Waals surface area contributed by atoms with Crippen molar-refractivity contribution in [3.05, 3.63) is 58.1 Å². The van der Waals surface area contributed by atoms with Gasteiger partial charge < -0.3 is 14.8 Å². The summed E-state index contributed by atoms with van der Waals surface area (Å²) in [4.78, 5) is 24.6. The van der Waals surface area contributed by atoms with Crippen molar-refractivity contribution in [3.63, 3.8) is 0 Å². The summed E-state index contributed by atoms with van der Waals surface area (Å²) < 4.78 is 13.1. The number of benzene rings is 1. The zero-order valence-corrected chi connectivity index (χ0v) is 16.1. The number of ether oxygens (including phenoxy) is 2. The van der Waals surface area contributed by atoms with E-state index in [1.807, 2.05) is 19.9 Å². The van der Waals surface area contributed by atoms with Crippen LogP contribution in [0.25, 0.3) is 5.82 Å². The van der Waals surface area contributed by atoms with Gasteiger partial charge in [-0.3, -0.25) is 9.59 Å². The first-order valence-corrected chi connectivity index (χ1v) is 8.55. The molecule has 2 aromatic heterocycles. The van der Waals surface area contributed by atoms with Gasteiger partial charge in [0.05, 0.1) is 25.6 Å². The van der Waals surface area contributed by atoms with E-state index in [-0.39, 0.29) is 12.1 Å². The van der Waals surface area contributed by atoms with Crippen molar-refractivity contribution in [2.24, 2.45) is 0 Å². The number of carbonyl (C=O) groups is 1. The lowest BCUT2D eigenvalue weighted by Gasteiger charge is -2.12. The van der Waals surface area contributed by atoms with Gasteiger partial charge in [0.25, 0.3) is 5.56 Å². The highest BCUT2D eigenvalue weighted by molar-refractivity contribution is 5.92. The number of amides is 1. The largest absolute Gasteiger partial charge is 0.497 e. The van der Waals surface area contributed by atoms with Crippen LogP contribution in [0.5, 0.6) is 11.5 Å². The van der Waals surface area contributed by atoms with Gasteiger partial charge in [0.15, 0.2) is 5.82 Å². The number of methoxy groups -OCH3 is 2. The number of nitrogens with one attached hydrogen (secondary N) is 1. The third-order valence-electron chi connectivity index (χ3n) is 4.06. The van der Waals surface area contributed by atoms with E-state index in [0.29, 0.717) is 23.0 Å². The number of aromatic nitrogens is 4. The van der Waals surface area contributed by atoms with Crippen LogP contribution in [0.3, 0.4) is 0 Å². The number of aryl methyl sites for hydroxylation is 2. The Kier molecular flexibility index (Phi) is 5.44. The molecule has 0 aliphatic rings. The van der Waals surface area contributed by atoms with Crippen molar-refractivity contribution in [3.8, 4) is 17.3 Å². The van der Waals surface area contributed by atoms with Crippen molar-refractivity contribution in [1.29, 1.82) is 0 Å². The molecule has 3 aromatic rings. The zero-order valence-electron chi connectivity index (χ0n) is 16.1. The lowest BCUT2D eigenvalue weighted by molar-refractivity contribution is -0.117. The predicted octanol–water partition coefficient (Wildman–Crippen LogP) is 1.70. The molecule has 0 saturated heterocycles. The maximum absolute atomic E-state index is 12.5. The Morgan fingerprint density at radius 2 is 1.86 bits per heavy atom. The van der Waals surface area contributed by atoms with E-state index < -0.39 is 5.91 Å². The third kappa shape index (κ3) is 4.03. The topological polar surface area (TPSA) is 100 Å². The Morgan fingerprint density at radius 1 is 1.07 bits per heavy atom. The highest BCUT2D eigenvalue weighted by atomic mass is 16.5. The fourth-order valence-electron chi connectivity index (χ4n) is 2.75. The Hall–Kier alpha value is -3.62. The first kappa shape index (κ1) is 19.2. The summed E-state index contributed by atoms with van der Waals surface area (Å²) >= 11 is 0. The second-order valence-electron chi connectivity index (χ2n) is 6.14. The van der Waals surface area contributed by atoms with Crippen LogP contribution in [-0.4, -0.2) is 39.7 Å². The van der Waals surface area contributed by atoms with Crippen LogP contribution < -0.4 is 20.3 Å². The summed E-state index contributed by atoms with van der Waals surface area (Å²) in [6.45, 7) is 3.51. The van der Waals surface area contributed by atoms with Crippen molar-refractivity contribution in [1.82, 2.24) is 19.6 Å². The van der Waals surface area contributed by atoms with E-state index in [1.165, 1.54) is 13.2 Å². The van der Waals surface area contributed by atoms with E-state index in [1.54, 1.807) is 36.1 Å². The van der Waals surface area contributed by atoms with Crippen LogP contribution in [-0.2, 0) is 11.3 Å². The van der Waals surface area contributed by atoms with Gasteiger partial charge in [-0.1, -0.05) is 0 Å². The monoisotopic (exact) mass is 383 g/mol. The average molecular weight is 383 g/mol. The summed E-state index contributed by atoms with van der Waals surface area (Å²) in [6, 6.07) is 9.86. The zero-order chi connectivity index (χ0) is 20.3. The highest BCUT2D eigenvalue weighted by Gasteiger charge is 2.13. The molecule has 2 heterocycles. The van der Waals surface area contributed by atoms with Crippen LogP contribution in [0.15, 0.2) is 41.2 Å². The van der Waals surface area contributed by atoms with E-state index in [4.69, 9.17) is 9.47 Å². The van der Waals surface area contributed by atoms with Crippen LogP contribution in [0.4, 0.5) is 5.69 Å². The molecule has 0 unspecified atom stereocenters. The number of nitrogens with zero attached hydrogens (tertiary/aromatic N) is 4. The van der Waals surface area contributed by atoms with Crippen molar-refractivity contribution in [2.45, 2.75) is 20.4 Å². The summed E-state index contributed by atoms with van der Waals surface area (Å²) in [5, 5.41) is 11.3. The molecular formula is C19H21N5O4. The van der Waals surface area contributed by atoms with Gasteiger partial charge in [-0.2, -0.15) is 5.10 Å². The van der Waals surface area contributed by atoms with Gasteiger partial charge in [-0.05, 0) is 38.1 Å². The van der Waals surface area contributed by atoms with Gasteiger partial charge in [0.1, 0.15) is 18.0 Å². The lowest BCUT2D eigenvalue weighted by atomic mass is 10.2. The van der Waals surface area contributed by atoms with Crippen LogP contribution in [0, 0.1) is 13.8 Å². The van der Waals surface area contributed by atoms with Gasteiger partial charge in [-0.25, -0.2) is 9.36 Å². The molecule has 1 amide bonds. The first-order chi connectivity index (χ1) is 13.4. The van der Waals surface area contributed by atoms with Crippen LogP contribution in [0.2, 0.25) is 0 Å². The lowest BCUT2D eigenvalue weighted by Crippen LogP contribution is -2.30. The van der Waals surface area contributed by atoms with Gasteiger partial charge in [0, 0.05) is 17.8 Å². The second kappa shape index (κ2) is 7.95. The third-order valence-corrected chi connectivity index (χ3v) is 4.06. The summed E-state index contributed by atoms with van der Waals surface area (Å²) in [7, 11) is 3.04. The van der Waals surface area contributed by atoms with E-state index >= 15 is 0 Å². The highest BCUT2D eigenvalue weighted by Crippen LogP contribution is 2.28. The Labute approximate surface area is 161 Å². The molecule has 0 radical (unpaired) electrons. The summed E-state index contributed by atoms with van der Waals surface area (Å²) in [6.07, 6.45) is 0. The Morgan fingerprint density at radius 3 is 2.50 bits per heavy atom. The molecule has 0 aliphatic carbocycles. The minimum Gasteiger partial charge on any atom is -0.497 e. The molecule has 1 N–H and O–H groups in total. The fourth-order valence-corrected chi connectivity index (χ4v) is 2.75. The SMILES string of the molecule is COc1ccc(NC(=O)Cn2nc(-n3nc(C)cc3C)ccc2=O)c(OC)c1. The molecule has 9 nitrogen and oxygen atoms in total. The van der Waals surface area contributed by atoms with Crippen molar-refractivity contribution >= 4 is 11.6 Å². The number of anilines is 1. The Bertz CT molecular complexity index is 1070. The number of carbonyl (C=O) groups excluding carboxylic acids is 1. The van der Waals surface area contributed by atoms with Crippen molar-refractivity contribution < 1.29 is 14.3 Å². The molecule has 28 heavy (non-hydrogen) atoms. The van der Waals surface area contributed by atoms with E-state index in [9.17, 15) is 9.59 Å². The second-order valence-corrected chi connectivity index (χ2v) is 6.14. The number of hydrogen-bond acceptors (Lipinski definition) is 6. The molecule has 3 rings (SSSR count). The van der Waals surface area contributed by atoms with Crippen molar-refractivity contribution in [2.75, 3.05) is 19.5 Å². The van der Waals surface area contributed by atoms with Gasteiger partial charge in [-0.15, -0.1) is 5.10 Å². The van der Waals surface area contributed by atoms with E-state index in [2.05, 4.69) is 15.5 Å². The minimum atomic E-state index is -0.413. The maximum atomic E-state index is 12.5. The standard InChI is InChI=1S/C19H21N5O4/c1-12-9-13(2)24(21-12)17-7-8-19(26)23(22-17)11-18(25)20-15-6-5-14(27-3)10-16(15)28-4/h5-10H,11H2,1-4H3,(H,20,25). The molecule has 0 saturated carbocycles. The number of rotatable bonds is 6. The molecule has 0 bridgehead atoms. The molecule has 1 aromatic carbocycles. The van der Waals surface area contributed by atoms with Gasteiger partial charge in [0.2, 0.25) is 5.91 Å². The first-order valence-electron chi connectivity index (χ1n) is 8.55. The minimum absolute atomic E-state index is 0.249. The van der Waals surface area contributed by atoms with E-state index in [0.717, 1.165) is 16.1 Å². The summed E-state index contributed by atoms with van der Waals surface area (Å²) in [5.74, 6) is 1.10. The molecule has 0 spiro atoms. The molecule has 9 heteroatoms. The molecule has 0 fully saturated rings. The molecule has 0 atom stereocenters. The quantitative estimate of drug-likeness (QED) is 0.695. The normalized spacial score (nSPS) is 10.6. The number of hydrogen-bond donors (Lipinski definition) is 1. The molecular weight excluding hydrogens is 362 g/mol. The fraction of sp³-hybridized carbons (Fsp3) is 0.263. The maximum Gasteiger partial charge on any atom is 0.267 e. The summed E-state index contributed by atoms with van der Waals surface area (Å²) in [5.41, 5.74) is 1.79. The average Bonchev–Trinajstić information content (AvgIpc) is 3.02. The van der Waals surface area contributed by atoms with Crippen LogP contribution >= 0.6 is 0 Å².